The van der Waals surface area contributed by atoms with Crippen LogP contribution in [0.5, 0.6) is 0 Å². The number of fused-ring (bicyclic) bond motifs is 1. The quantitative estimate of drug-likeness (QED) is 0.635. The highest BCUT2D eigenvalue weighted by molar-refractivity contribution is 5.15. The predicted molar refractivity (Wildman–Crippen MR) is 117 cm³/mol. The number of aromatic nitrogens is 4. The Kier molecular flexibility index (Phi) is 5.86. The lowest BCUT2D eigenvalue weighted by Gasteiger charge is -2.20. The summed E-state index contributed by atoms with van der Waals surface area (Å²) in [5, 5.41) is 9.22. The van der Waals surface area contributed by atoms with Gasteiger partial charge in [0.15, 0.2) is 0 Å². The second kappa shape index (κ2) is 9.06. The highest BCUT2D eigenvalue weighted by atomic mass is 15.3. The molecule has 1 saturated heterocycles. The first-order valence-corrected chi connectivity index (χ1v) is 11.1. The molecule has 1 atom stereocenters. The van der Waals surface area contributed by atoms with E-state index in [2.05, 4.69) is 65.9 Å². The molecule has 0 spiro atoms. The minimum absolute atomic E-state index is 0.485. The maximum atomic E-state index is 4.64. The molecule has 2 aliphatic heterocycles. The van der Waals surface area contributed by atoms with Crippen LogP contribution in [-0.2, 0) is 25.9 Å². The lowest BCUT2D eigenvalue weighted by molar-refractivity contribution is 0.281. The molecule has 1 aromatic carbocycles. The van der Waals surface area contributed by atoms with Crippen molar-refractivity contribution < 1.29 is 0 Å². The molecule has 2 aliphatic rings. The monoisotopic (exact) mass is 402 g/mol. The molecule has 30 heavy (non-hydrogen) atoms. The third kappa shape index (κ3) is 4.45. The van der Waals surface area contributed by atoms with Crippen LogP contribution in [-0.4, -0.2) is 62.3 Å². The van der Waals surface area contributed by atoms with Crippen LogP contribution in [0.2, 0.25) is 0 Å². The molecule has 1 unspecified atom stereocenters. The summed E-state index contributed by atoms with van der Waals surface area (Å²) in [6.45, 7) is 7.42. The van der Waals surface area contributed by atoms with E-state index in [4.69, 9.17) is 0 Å². The van der Waals surface area contributed by atoms with E-state index in [0.717, 1.165) is 70.9 Å². The standard InChI is InChI=1S/C24H30N6/c1-2-5-20(6-3-1)8-12-28-14-10-23-26-27-24(30(23)16-15-28)22-9-13-29(19-22)18-21-7-4-11-25-17-21/h1-7,11,17,22H,8-10,12-16,18-19H2. The van der Waals surface area contributed by atoms with E-state index in [1.807, 2.05) is 18.5 Å². The van der Waals surface area contributed by atoms with E-state index in [-0.39, 0.29) is 0 Å². The van der Waals surface area contributed by atoms with E-state index in [0.29, 0.717) is 5.92 Å². The molecule has 0 bridgehead atoms. The van der Waals surface area contributed by atoms with Crippen LogP contribution >= 0.6 is 0 Å². The number of benzene rings is 1. The molecule has 0 saturated carbocycles. The zero-order valence-electron chi connectivity index (χ0n) is 17.5. The summed E-state index contributed by atoms with van der Waals surface area (Å²) in [4.78, 5) is 9.35. The number of hydrogen-bond donors (Lipinski definition) is 0. The van der Waals surface area contributed by atoms with Crippen molar-refractivity contribution in [1.82, 2.24) is 29.5 Å². The second-order valence-corrected chi connectivity index (χ2v) is 8.54. The zero-order chi connectivity index (χ0) is 20.2. The van der Waals surface area contributed by atoms with Crippen LogP contribution in [0.4, 0.5) is 0 Å². The van der Waals surface area contributed by atoms with Crippen LogP contribution in [0.15, 0.2) is 54.9 Å². The van der Waals surface area contributed by atoms with Crippen LogP contribution in [0.1, 0.15) is 35.1 Å². The first-order chi connectivity index (χ1) is 14.8. The number of likely N-dealkylation sites (tertiary alicyclic amines) is 1. The average Bonchev–Trinajstić information content (AvgIpc) is 3.36. The molecule has 0 N–H and O–H groups in total. The summed E-state index contributed by atoms with van der Waals surface area (Å²) in [7, 11) is 0. The summed E-state index contributed by atoms with van der Waals surface area (Å²) in [6.07, 6.45) is 7.08. The fourth-order valence-corrected chi connectivity index (χ4v) is 4.78. The molecular weight excluding hydrogens is 372 g/mol. The molecule has 1 fully saturated rings. The van der Waals surface area contributed by atoms with E-state index < -0.39 is 0 Å². The first-order valence-electron chi connectivity index (χ1n) is 11.1. The number of nitrogens with zero attached hydrogens (tertiary/aromatic N) is 6. The molecule has 6 heteroatoms. The smallest absolute Gasteiger partial charge is 0.137 e. The average molecular weight is 403 g/mol. The van der Waals surface area contributed by atoms with Crippen LogP contribution in [0, 0.1) is 0 Å². The van der Waals surface area contributed by atoms with Gasteiger partial charge < -0.3 is 9.47 Å². The summed E-state index contributed by atoms with van der Waals surface area (Å²) in [5.41, 5.74) is 2.70. The van der Waals surface area contributed by atoms with Gasteiger partial charge in [-0.1, -0.05) is 36.4 Å². The molecule has 3 aromatic rings. The van der Waals surface area contributed by atoms with Gasteiger partial charge in [-0.15, -0.1) is 10.2 Å². The van der Waals surface area contributed by atoms with Crippen LogP contribution < -0.4 is 0 Å². The van der Waals surface area contributed by atoms with Crippen molar-refractivity contribution in [2.75, 3.05) is 32.7 Å². The fourth-order valence-electron chi connectivity index (χ4n) is 4.78. The van der Waals surface area contributed by atoms with E-state index in [1.165, 1.54) is 17.0 Å². The van der Waals surface area contributed by atoms with Gasteiger partial charge in [0.25, 0.3) is 0 Å². The highest BCUT2D eigenvalue weighted by Gasteiger charge is 2.30. The SMILES string of the molecule is c1ccc(CCN2CCc3nnc(C4CCN(Cc5cccnc5)C4)n3CC2)cc1. The van der Waals surface area contributed by atoms with E-state index >= 15 is 0 Å². The van der Waals surface area contributed by atoms with Gasteiger partial charge in [-0.25, -0.2) is 0 Å². The molecule has 156 valence electrons. The summed E-state index contributed by atoms with van der Waals surface area (Å²) in [6, 6.07) is 15.0. The van der Waals surface area contributed by atoms with Crippen LogP contribution in [0.25, 0.3) is 0 Å². The summed E-state index contributed by atoms with van der Waals surface area (Å²) in [5.74, 6) is 2.85. The van der Waals surface area contributed by atoms with Gasteiger partial charge in [0.2, 0.25) is 0 Å². The van der Waals surface area contributed by atoms with Gasteiger partial charge in [-0.05, 0) is 36.6 Å². The largest absolute Gasteiger partial charge is 0.313 e. The third-order valence-corrected chi connectivity index (χ3v) is 6.47. The van der Waals surface area contributed by atoms with Crippen molar-refractivity contribution in [2.45, 2.75) is 38.3 Å². The van der Waals surface area contributed by atoms with Gasteiger partial charge in [0.1, 0.15) is 11.6 Å². The Morgan fingerprint density at radius 2 is 1.77 bits per heavy atom. The Balaban J connectivity index is 1.19. The van der Waals surface area contributed by atoms with Crippen molar-refractivity contribution in [2.24, 2.45) is 0 Å². The molecule has 0 radical (unpaired) electrons. The van der Waals surface area contributed by atoms with Crippen molar-refractivity contribution in [3.05, 3.63) is 77.6 Å². The number of hydrogen-bond acceptors (Lipinski definition) is 5. The molecule has 2 aromatic heterocycles. The third-order valence-electron chi connectivity index (χ3n) is 6.47. The zero-order valence-corrected chi connectivity index (χ0v) is 17.5. The molecule has 0 amide bonds. The van der Waals surface area contributed by atoms with Gasteiger partial charge in [0, 0.05) is 64.0 Å². The molecule has 5 rings (SSSR count). The number of pyridine rings is 1. The van der Waals surface area contributed by atoms with Gasteiger partial charge in [-0.3, -0.25) is 9.88 Å². The van der Waals surface area contributed by atoms with Crippen molar-refractivity contribution in [3.8, 4) is 0 Å². The topological polar surface area (TPSA) is 50.1 Å². The van der Waals surface area contributed by atoms with Crippen molar-refractivity contribution in [3.63, 3.8) is 0 Å². The highest BCUT2D eigenvalue weighted by Crippen LogP contribution is 2.28. The predicted octanol–water partition coefficient (Wildman–Crippen LogP) is 2.76. The Morgan fingerprint density at radius 3 is 2.63 bits per heavy atom. The van der Waals surface area contributed by atoms with Crippen LogP contribution in [0.3, 0.4) is 0 Å². The van der Waals surface area contributed by atoms with E-state index in [9.17, 15) is 0 Å². The summed E-state index contributed by atoms with van der Waals surface area (Å²) < 4.78 is 2.42. The Morgan fingerprint density at radius 1 is 0.867 bits per heavy atom. The lowest BCUT2D eigenvalue weighted by Crippen LogP contribution is -2.29. The molecule has 6 nitrogen and oxygen atoms in total. The minimum atomic E-state index is 0.485. The molecule has 4 heterocycles. The van der Waals surface area contributed by atoms with E-state index in [1.54, 1.807) is 0 Å². The normalized spacial score (nSPS) is 20.2. The van der Waals surface area contributed by atoms with Crippen molar-refractivity contribution in [1.29, 1.82) is 0 Å². The summed E-state index contributed by atoms with van der Waals surface area (Å²) >= 11 is 0. The maximum absolute atomic E-state index is 4.64. The van der Waals surface area contributed by atoms with Gasteiger partial charge in [0.05, 0.1) is 0 Å². The lowest BCUT2D eigenvalue weighted by atomic mass is 10.1. The molecular formula is C24H30N6. The van der Waals surface area contributed by atoms with Crippen molar-refractivity contribution >= 4 is 0 Å². The number of rotatable bonds is 6. The molecule has 0 aliphatic carbocycles. The fraction of sp³-hybridized carbons (Fsp3) is 0.458. The maximum Gasteiger partial charge on any atom is 0.137 e. The first kappa shape index (κ1) is 19.4. The Bertz CT molecular complexity index is 939. The second-order valence-electron chi connectivity index (χ2n) is 8.54. The van der Waals surface area contributed by atoms with Gasteiger partial charge in [-0.2, -0.15) is 0 Å². The minimum Gasteiger partial charge on any atom is -0.313 e. The van der Waals surface area contributed by atoms with Gasteiger partial charge >= 0.3 is 0 Å². The Labute approximate surface area is 178 Å². The Hall–Kier alpha value is -2.57.